The molecular weight excluding hydrogens is 405 g/mol. The summed E-state index contributed by atoms with van der Waals surface area (Å²) in [6.07, 6.45) is -5.50. The second-order valence-electron chi connectivity index (χ2n) is 5.19. The summed E-state index contributed by atoms with van der Waals surface area (Å²) in [7, 11) is 0. The SMILES string of the molecule is OC[C@@]1(I)OC(O)[C@H](O)[C@@H](Oc2cc3ccccc3[nH]2)[C@H]1O. The van der Waals surface area contributed by atoms with E-state index in [2.05, 4.69) is 4.98 Å². The highest BCUT2D eigenvalue weighted by atomic mass is 127. The number of hydrogen-bond acceptors (Lipinski definition) is 6. The van der Waals surface area contributed by atoms with Crippen LogP contribution >= 0.6 is 22.6 Å². The van der Waals surface area contributed by atoms with Crippen molar-refractivity contribution in [2.75, 3.05) is 6.61 Å². The van der Waals surface area contributed by atoms with E-state index in [1.165, 1.54) is 0 Å². The van der Waals surface area contributed by atoms with Gasteiger partial charge >= 0.3 is 0 Å². The molecule has 1 fully saturated rings. The predicted molar refractivity (Wildman–Crippen MR) is 85.7 cm³/mol. The van der Waals surface area contributed by atoms with Crippen molar-refractivity contribution < 1.29 is 29.9 Å². The van der Waals surface area contributed by atoms with Crippen molar-refractivity contribution in [1.82, 2.24) is 4.98 Å². The number of alkyl halides is 1. The zero-order chi connectivity index (χ0) is 15.9. The van der Waals surface area contributed by atoms with Crippen molar-refractivity contribution in [1.29, 1.82) is 0 Å². The molecule has 0 amide bonds. The molecule has 120 valence electrons. The number of fused-ring (bicyclic) bond motifs is 1. The molecule has 5 N–H and O–H groups in total. The average Bonchev–Trinajstić information content (AvgIpc) is 2.92. The highest BCUT2D eigenvalue weighted by Gasteiger charge is 2.53. The number of ether oxygens (including phenoxy) is 2. The third-order valence-corrected chi connectivity index (χ3v) is 4.92. The van der Waals surface area contributed by atoms with E-state index in [1.807, 2.05) is 24.3 Å². The van der Waals surface area contributed by atoms with E-state index in [-0.39, 0.29) is 0 Å². The first-order valence-corrected chi connectivity index (χ1v) is 7.79. The van der Waals surface area contributed by atoms with Crippen LogP contribution in [0.4, 0.5) is 0 Å². The van der Waals surface area contributed by atoms with Crippen LogP contribution in [-0.2, 0) is 4.74 Å². The van der Waals surface area contributed by atoms with Crippen LogP contribution in [0.3, 0.4) is 0 Å². The quantitative estimate of drug-likeness (QED) is 0.355. The van der Waals surface area contributed by atoms with Crippen LogP contribution in [0.1, 0.15) is 0 Å². The molecule has 0 spiro atoms. The van der Waals surface area contributed by atoms with Gasteiger partial charge in [-0.3, -0.25) is 0 Å². The molecule has 3 rings (SSSR count). The molecule has 1 unspecified atom stereocenters. The highest BCUT2D eigenvalue weighted by Crippen LogP contribution is 2.36. The summed E-state index contributed by atoms with van der Waals surface area (Å²) in [5.41, 5.74) is 0.844. The molecule has 8 heteroatoms. The first-order valence-electron chi connectivity index (χ1n) is 6.71. The first kappa shape index (κ1) is 16.0. The van der Waals surface area contributed by atoms with Crippen molar-refractivity contribution in [3.05, 3.63) is 30.3 Å². The fourth-order valence-electron chi connectivity index (χ4n) is 2.46. The summed E-state index contributed by atoms with van der Waals surface area (Å²) < 4.78 is 9.25. The van der Waals surface area contributed by atoms with Gasteiger partial charge in [-0.1, -0.05) is 18.2 Å². The summed E-state index contributed by atoms with van der Waals surface area (Å²) in [6, 6.07) is 9.23. The van der Waals surface area contributed by atoms with Crippen molar-refractivity contribution in [3.8, 4) is 5.88 Å². The molecule has 0 saturated carbocycles. The first-order chi connectivity index (χ1) is 10.4. The van der Waals surface area contributed by atoms with Gasteiger partial charge in [0.2, 0.25) is 0 Å². The summed E-state index contributed by atoms with van der Waals surface area (Å²) in [6.45, 7) is -0.537. The fraction of sp³-hybridized carbons (Fsp3) is 0.429. The van der Waals surface area contributed by atoms with Crippen molar-refractivity contribution >= 4 is 33.5 Å². The fourth-order valence-corrected chi connectivity index (χ4v) is 3.07. The number of aromatic nitrogens is 1. The third-order valence-electron chi connectivity index (χ3n) is 3.68. The maximum atomic E-state index is 10.3. The van der Waals surface area contributed by atoms with E-state index in [4.69, 9.17) is 9.47 Å². The smallest absolute Gasteiger partial charge is 0.192 e. The Labute approximate surface area is 139 Å². The third kappa shape index (κ3) is 2.70. The lowest BCUT2D eigenvalue weighted by atomic mass is 9.99. The second-order valence-corrected chi connectivity index (χ2v) is 7.02. The van der Waals surface area contributed by atoms with Gasteiger partial charge in [0.05, 0.1) is 6.61 Å². The molecule has 0 bridgehead atoms. The number of halogens is 1. The monoisotopic (exact) mass is 421 g/mol. The Kier molecular flexibility index (Phi) is 4.32. The van der Waals surface area contributed by atoms with Gasteiger partial charge in [-0.15, -0.1) is 0 Å². The molecule has 1 aliphatic rings. The van der Waals surface area contributed by atoms with Crippen molar-refractivity contribution in [3.63, 3.8) is 0 Å². The van der Waals surface area contributed by atoms with Gasteiger partial charge in [0.15, 0.2) is 21.9 Å². The number of nitrogens with one attached hydrogen (secondary N) is 1. The lowest BCUT2D eigenvalue weighted by molar-refractivity contribution is -0.288. The molecule has 0 radical (unpaired) electrons. The average molecular weight is 421 g/mol. The molecule has 1 aliphatic heterocycles. The lowest BCUT2D eigenvalue weighted by Crippen LogP contribution is -2.64. The van der Waals surface area contributed by atoms with E-state index < -0.39 is 34.8 Å². The van der Waals surface area contributed by atoms with Crippen LogP contribution in [0, 0.1) is 0 Å². The van der Waals surface area contributed by atoms with Crippen molar-refractivity contribution in [2.45, 2.75) is 28.2 Å². The minimum Gasteiger partial charge on any atom is -0.470 e. The van der Waals surface area contributed by atoms with Crippen LogP contribution in [0.15, 0.2) is 30.3 Å². The van der Waals surface area contributed by atoms with Crippen LogP contribution in [-0.4, -0.2) is 60.2 Å². The van der Waals surface area contributed by atoms with E-state index in [1.54, 1.807) is 28.7 Å². The molecule has 5 atom stereocenters. The summed E-state index contributed by atoms with van der Waals surface area (Å²) in [5, 5.41) is 40.4. The minimum absolute atomic E-state index is 0.343. The number of H-pyrrole nitrogens is 1. The zero-order valence-corrected chi connectivity index (χ0v) is 13.5. The normalized spacial score (nSPS) is 35.7. The second kappa shape index (κ2) is 5.95. The van der Waals surface area contributed by atoms with Gasteiger partial charge < -0.3 is 34.9 Å². The Morgan fingerprint density at radius 3 is 2.68 bits per heavy atom. The van der Waals surface area contributed by atoms with Gasteiger partial charge in [-0.2, -0.15) is 0 Å². The number of benzene rings is 1. The van der Waals surface area contributed by atoms with E-state index in [0.717, 1.165) is 10.9 Å². The van der Waals surface area contributed by atoms with Crippen LogP contribution in [0.5, 0.6) is 5.88 Å². The largest absolute Gasteiger partial charge is 0.470 e. The van der Waals surface area contributed by atoms with Gasteiger partial charge in [-0.05, 0) is 28.7 Å². The Hall–Kier alpha value is -0.910. The predicted octanol–water partition coefficient (Wildman–Crippen LogP) is 0.109. The molecule has 7 nitrogen and oxygen atoms in total. The van der Waals surface area contributed by atoms with Gasteiger partial charge in [0.25, 0.3) is 0 Å². The lowest BCUT2D eigenvalue weighted by Gasteiger charge is -2.44. The summed E-state index contributed by atoms with van der Waals surface area (Å²) in [4.78, 5) is 3.01. The Morgan fingerprint density at radius 2 is 2.00 bits per heavy atom. The van der Waals surface area contributed by atoms with Gasteiger partial charge in [0.1, 0.15) is 12.2 Å². The summed E-state index contributed by atoms with van der Waals surface area (Å²) in [5.74, 6) is 0.343. The topological polar surface area (TPSA) is 115 Å². The van der Waals surface area contributed by atoms with E-state index >= 15 is 0 Å². The molecular formula is C14H16INO6. The minimum atomic E-state index is -1.57. The molecule has 2 heterocycles. The number of rotatable bonds is 3. The van der Waals surface area contributed by atoms with E-state index in [0.29, 0.717) is 5.88 Å². The summed E-state index contributed by atoms with van der Waals surface area (Å²) >= 11 is 1.69. The van der Waals surface area contributed by atoms with Gasteiger partial charge in [0, 0.05) is 17.0 Å². The number of para-hydroxylation sites is 1. The molecule has 1 saturated heterocycles. The molecule has 22 heavy (non-hydrogen) atoms. The molecule has 0 aliphatic carbocycles. The standard InChI is InChI=1S/C14H16INO6/c15-14(6-17)12(19)11(10(18)13(20)22-14)21-9-5-7-3-1-2-4-8(7)16-9/h1-5,10-13,16-20H,6H2/t10-,11-,12-,13?,14-/m1/s1. The van der Waals surface area contributed by atoms with Crippen LogP contribution in [0.2, 0.25) is 0 Å². The number of aromatic amines is 1. The zero-order valence-electron chi connectivity index (χ0n) is 11.4. The molecule has 1 aromatic heterocycles. The molecule has 1 aromatic carbocycles. The van der Waals surface area contributed by atoms with Crippen LogP contribution in [0.25, 0.3) is 10.9 Å². The Bertz CT molecular complexity index is 631. The number of aliphatic hydroxyl groups excluding tert-OH is 4. The van der Waals surface area contributed by atoms with E-state index in [9.17, 15) is 20.4 Å². The highest BCUT2D eigenvalue weighted by molar-refractivity contribution is 14.1. The Morgan fingerprint density at radius 1 is 1.27 bits per heavy atom. The van der Waals surface area contributed by atoms with Crippen molar-refractivity contribution in [2.24, 2.45) is 0 Å². The number of aliphatic hydroxyl groups is 4. The maximum Gasteiger partial charge on any atom is 0.192 e. The maximum absolute atomic E-state index is 10.3. The molecule has 2 aromatic rings. The van der Waals surface area contributed by atoms with Gasteiger partial charge in [-0.25, -0.2) is 0 Å². The number of hydrogen-bond donors (Lipinski definition) is 5. The van der Waals surface area contributed by atoms with Crippen LogP contribution < -0.4 is 4.74 Å². The Balaban J connectivity index is 1.88.